The Morgan fingerprint density at radius 1 is 1.08 bits per heavy atom. The van der Waals surface area contributed by atoms with Gasteiger partial charge in [0, 0.05) is 42.6 Å². The summed E-state index contributed by atoms with van der Waals surface area (Å²) in [6.45, 7) is 5.73. The molecule has 2 aromatic carbocycles. The molecule has 2 N–H and O–H groups in total. The van der Waals surface area contributed by atoms with Crippen molar-refractivity contribution < 1.29 is 32.3 Å². The molecule has 10 heteroatoms. The monoisotopic (exact) mass is 507 g/mol. The maximum atomic E-state index is 13.2. The molecule has 0 aliphatic carbocycles. The van der Waals surface area contributed by atoms with Crippen molar-refractivity contribution in [2.45, 2.75) is 44.4 Å². The van der Waals surface area contributed by atoms with Crippen LogP contribution in [0.3, 0.4) is 0 Å². The van der Waals surface area contributed by atoms with Crippen molar-refractivity contribution in [1.29, 1.82) is 0 Å². The van der Waals surface area contributed by atoms with Crippen LogP contribution in [-0.2, 0) is 9.59 Å². The summed E-state index contributed by atoms with van der Waals surface area (Å²) in [6, 6.07) is 15.5. The van der Waals surface area contributed by atoms with E-state index in [9.17, 15) is 22.4 Å². The molecule has 0 radical (unpaired) electrons. The van der Waals surface area contributed by atoms with Gasteiger partial charge in [0.25, 0.3) is 0 Å². The van der Waals surface area contributed by atoms with E-state index < -0.39 is 12.1 Å². The molecule has 0 spiro atoms. The normalized spacial score (nSPS) is 20.3. The fraction of sp³-hybridized carbons (Fsp3) is 0.385. The lowest BCUT2D eigenvalue weighted by molar-refractivity contribution is -0.192. The summed E-state index contributed by atoms with van der Waals surface area (Å²) in [5.41, 5.74) is 2.62. The van der Waals surface area contributed by atoms with Gasteiger partial charge in [-0.25, -0.2) is 9.18 Å². The number of halogens is 4. The van der Waals surface area contributed by atoms with Crippen LogP contribution in [0.2, 0.25) is 0 Å². The minimum Gasteiger partial charge on any atom is -0.475 e. The van der Waals surface area contributed by atoms with Gasteiger partial charge >= 0.3 is 12.1 Å². The molecule has 2 unspecified atom stereocenters. The number of hydrogen-bond acceptors (Lipinski definition) is 4. The number of benzene rings is 2. The molecule has 2 saturated heterocycles. The lowest BCUT2D eigenvalue weighted by Gasteiger charge is -2.28. The van der Waals surface area contributed by atoms with Gasteiger partial charge in [-0.1, -0.05) is 12.1 Å². The second-order valence-electron chi connectivity index (χ2n) is 8.84. The molecule has 0 aromatic heterocycles. The van der Waals surface area contributed by atoms with E-state index in [4.69, 9.17) is 9.90 Å². The van der Waals surface area contributed by atoms with Gasteiger partial charge in [-0.2, -0.15) is 13.2 Å². The van der Waals surface area contributed by atoms with Crippen molar-refractivity contribution in [3.05, 3.63) is 66.0 Å². The topological polar surface area (TPSA) is 72.9 Å². The highest BCUT2D eigenvalue weighted by atomic mass is 19.4. The summed E-state index contributed by atoms with van der Waals surface area (Å²) in [5, 5.41) is 9.98. The second-order valence-corrected chi connectivity index (χ2v) is 8.84. The lowest BCUT2D eigenvalue weighted by Crippen LogP contribution is -2.39. The number of carbonyl (C=O) groups is 2. The van der Waals surface area contributed by atoms with Crippen molar-refractivity contribution in [2.75, 3.05) is 29.9 Å². The van der Waals surface area contributed by atoms with Gasteiger partial charge in [-0.15, -0.1) is 0 Å². The van der Waals surface area contributed by atoms with Crippen LogP contribution in [-0.4, -0.2) is 59.8 Å². The standard InChI is InChI=1S/C24H28FN3O.C2HF3O2/c1-18-4-3-14-28(18)23-13-15-27(17-23)22-10-8-21(9-11-22)26-24(29)12-7-19-5-2-6-20(25)16-19;3-2(4,5)1(6)7/h2,5-12,16,18,23H,3-4,13-15,17H2,1H3,(H,26,29);(H,6,7). The maximum Gasteiger partial charge on any atom is 0.490 e. The zero-order valence-electron chi connectivity index (χ0n) is 19.8. The number of amides is 1. The minimum absolute atomic E-state index is 0.230. The van der Waals surface area contributed by atoms with Crippen LogP contribution in [0.1, 0.15) is 31.7 Å². The predicted molar refractivity (Wildman–Crippen MR) is 130 cm³/mol. The van der Waals surface area contributed by atoms with Gasteiger partial charge in [0.05, 0.1) is 0 Å². The van der Waals surface area contributed by atoms with Gasteiger partial charge in [-0.05, 0) is 80.8 Å². The number of likely N-dealkylation sites (tertiary alicyclic amines) is 1. The van der Waals surface area contributed by atoms with Gasteiger partial charge in [0.2, 0.25) is 5.91 Å². The number of carbonyl (C=O) groups excluding carboxylic acids is 1. The number of carboxylic acid groups (broad SMARTS) is 1. The Labute approximate surface area is 207 Å². The van der Waals surface area contributed by atoms with Crippen molar-refractivity contribution >= 4 is 29.3 Å². The van der Waals surface area contributed by atoms with E-state index in [2.05, 4.69) is 34.2 Å². The van der Waals surface area contributed by atoms with E-state index in [0.29, 0.717) is 17.6 Å². The average molecular weight is 508 g/mol. The molecule has 6 nitrogen and oxygen atoms in total. The van der Waals surface area contributed by atoms with Crippen LogP contribution in [0, 0.1) is 5.82 Å². The first-order chi connectivity index (χ1) is 17.0. The molecule has 0 bridgehead atoms. The molecule has 0 saturated carbocycles. The predicted octanol–water partition coefficient (Wildman–Crippen LogP) is 5.17. The summed E-state index contributed by atoms with van der Waals surface area (Å²) in [5.74, 6) is -3.30. The maximum absolute atomic E-state index is 13.2. The number of alkyl halides is 3. The molecule has 2 heterocycles. The molecular weight excluding hydrogens is 478 g/mol. The molecule has 194 valence electrons. The summed E-state index contributed by atoms with van der Waals surface area (Å²) >= 11 is 0. The number of aliphatic carboxylic acids is 1. The molecule has 2 aromatic rings. The highest BCUT2D eigenvalue weighted by molar-refractivity contribution is 6.02. The number of rotatable bonds is 5. The van der Waals surface area contributed by atoms with Crippen molar-refractivity contribution in [2.24, 2.45) is 0 Å². The summed E-state index contributed by atoms with van der Waals surface area (Å²) < 4.78 is 44.9. The quantitative estimate of drug-likeness (QED) is 0.431. The Morgan fingerprint density at radius 2 is 1.78 bits per heavy atom. The molecule has 2 aliphatic rings. The highest BCUT2D eigenvalue weighted by Gasteiger charge is 2.38. The Morgan fingerprint density at radius 3 is 2.36 bits per heavy atom. The fourth-order valence-electron chi connectivity index (χ4n) is 4.47. The second kappa shape index (κ2) is 12.0. The van der Waals surface area contributed by atoms with Crippen molar-refractivity contribution in [1.82, 2.24) is 4.90 Å². The fourth-order valence-corrected chi connectivity index (χ4v) is 4.47. The van der Waals surface area contributed by atoms with Crippen molar-refractivity contribution in [3.63, 3.8) is 0 Å². The number of hydrogen-bond donors (Lipinski definition) is 2. The van der Waals surface area contributed by atoms with E-state index in [1.807, 2.05) is 12.1 Å². The molecular formula is C26H29F4N3O3. The van der Waals surface area contributed by atoms with Gasteiger partial charge in [0.15, 0.2) is 0 Å². The van der Waals surface area contributed by atoms with Gasteiger partial charge in [-0.3, -0.25) is 9.69 Å². The van der Waals surface area contributed by atoms with Crippen LogP contribution >= 0.6 is 0 Å². The van der Waals surface area contributed by atoms with E-state index in [0.717, 1.165) is 18.8 Å². The summed E-state index contributed by atoms with van der Waals surface area (Å²) in [6.07, 6.45) is 1.80. The number of nitrogens with one attached hydrogen (secondary N) is 1. The minimum atomic E-state index is -5.08. The van der Waals surface area contributed by atoms with Gasteiger partial charge in [0.1, 0.15) is 5.82 Å². The molecule has 4 rings (SSSR count). The molecule has 2 fully saturated rings. The highest BCUT2D eigenvalue weighted by Crippen LogP contribution is 2.28. The first-order valence-electron chi connectivity index (χ1n) is 11.7. The Hall–Kier alpha value is -3.40. The molecule has 2 atom stereocenters. The SMILES string of the molecule is CC1CCCN1C1CCN(c2ccc(NC(=O)C=Cc3cccc(F)c3)cc2)C1.O=C(O)C(F)(F)F. The van der Waals surface area contributed by atoms with E-state index in [1.165, 1.54) is 49.7 Å². The third kappa shape index (κ3) is 7.81. The number of carboxylic acids is 1. The zero-order valence-corrected chi connectivity index (χ0v) is 19.8. The smallest absolute Gasteiger partial charge is 0.475 e. The van der Waals surface area contributed by atoms with E-state index in [1.54, 1.807) is 18.2 Å². The first-order valence-corrected chi connectivity index (χ1v) is 11.7. The average Bonchev–Trinajstić information content (AvgIpc) is 3.47. The molecule has 2 aliphatic heterocycles. The van der Waals surface area contributed by atoms with Crippen LogP contribution in [0.15, 0.2) is 54.6 Å². The Balaban J connectivity index is 0.000000454. The summed E-state index contributed by atoms with van der Waals surface area (Å²) in [7, 11) is 0. The van der Waals surface area contributed by atoms with Crippen LogP contribution < -0.4 is 10.2 Å². The molecule has 1 amide bonds. The number of anilines is 2. The number of nitrogens with zero attached hydrogens (tertiary/aromatic N) is 2. The third-order valence-electron chi connectivity index (χ3n) is 6.26. The zero-order chi connectivity index (χ0) is 26.3. The van der Waals surface area contributed by atoms with Crippen LogP contribution in [0.5, 0.6) is 0 Å². The first kappa shape index (κ1) is 27.2. The van der Waals surface area contributed by atoms with Crippen molar-refractivity contribution in [3.8, 4) is 0 Å². The lowest BCUT2D eigenvalue weighted by atomic mass is 10.2. The largest absolute Gasteiger partial charge is 0.490 e. The van der Waals surface area contributed by atoms with E-state index in [-0.39, 0.29) is 11.7 Å². The summed E-state index contributed by atoms with van der Waals surface area (Å²) in [4.78, 5) is 26.1. The third-order valence-corrected chi connectivity index (χ3v) is 6.26. The van der Waals surface area contributed by atoms with Crippen LogP contribution in [0.25, 0.3) is 6.08 Å². The van der Waals surface area contributed by atoms with Gasteiger partial charge < -0.3 is 15.3 Å². The van der Waals surface area contributed by atoms with E-state index >= 15 is 0 Å². The Bertz CT molecular complexity index is 1070. The molecule has 36 heavy (non-hydrogen) atoms. The van der Waals surface area contributed by atoms with Crippen LogP contribution in [0.4, 0.5) is 28.9 Å². The Kier molecular flexibility index (Phi) is 9.08.